The first-order valence-electron chi connectivity index (χ1n) is 7.48. The Morgan fingerprint density at radius 2 is 1.80 bits per heavy atom. The SMILES string of the molecule is CCCCCCNCCOc1ccc(CS)c(CS)c1. The molecule has 20 heavy (non-hydrogen) atoms. The Balaban J connectivity index is 2.18. The van der Waals surface area contributed by atoms with Crippen LogP contribution in [0.15, 0.2) is 18.2 Å². The molecule has 4 heteroatoms. The van der Waals surface area contributed by atoms with E-state index in [-0.39, 0.29) is 0 Å². The van der Waals surface area contributed by atoms with Crippen molar-refractivity contribution in [2.75, 3.05) is 19.7 Å². The largest absolute Gasteiger partial charge is 0.492 e. The Morgan fingerprint density at radius 1 is 1.00 bits per heavy atom. The first-order chi connectivity index (χ1) is 9.81. The number of hydrogen-bond donors (Lipinski definition) is 3. The molecular formula is C16H27NOS2. The van der Waals surface area contributed by atoms with Crippen LogP contribution in [-0.4, -0.2) is 19.7 Å². The van der Waals surface area contributed by atoms with E-state index in [1.54, 1.807) is 0 Å². The average molecular weight is 314 g/mol. The van der Waals surface area contributed by atoms with E-state index < -0.39 is 0 Å². The predicted octanol–water partition coefficient (Wildman–Crippen LogP) is 4.09. The summed E-state index contributed by atoms with van der Waals surface area (Å²) in [5, 5.41) is 3.41. The van der Waals surface area contributed by atoms with E-state index in [0.29, 0.717) is 6.61 Å². The molecule has 1 aromatic rings. The summed E-state index contributed by atoms with van der Waals surface area (Å²) in [6.45, 7) is 4.93. The Morgan fingerprint density at radius 3 is 2.50 bits per heavy atom. The molecule has 0 aliphatic heterocycles. The lowest BCUT2D eigenvalue weighted by Crippen LogP contribution is -2.22. The molecule has 0 bridgehead atoms. The van der Waals surface area contributed by atoms with Crippen molar-refractivity contribution in [2.45, 2.75) is 44.1 Å². The van der Waals surface area contributed by atoms with E-state index in [2.05, 4.69) is 49.6 Å². The van der Waals surface area contributed by atoms with Crippen molar-refractivity contribution in [1.82, 2.24) is 5.32 Å². The van der Waals surface area contributed by atoms with Gasteiger partial charge in [0.05, 0.1) is 0 Å². The van der Waals surface area contributed by atoms with E-state index in [1.165, 1.54) is 36.8 Å². The van der Waals surface area contributed by atoms with Gasteiger partial charge in [-0.15, -0.1) is 0 Å². The lowest BCUT2D eigenvalue weighted by atomic mass is 10.1. The second-order valence-electron chi connectivity index (χ2n) is 4.91. The van der Waals surface area contributed by atoms with E-state index in [1.807, 2.05) is 6.07 Å². The van der Waals surface area contributed by atoms with Crippen molar-refractivity contribution in [1.29, 1.82) is 0 Å². The Hall–Kier alpha value is -0.320. The average Bonchev–Trinajstić information content (AvgIpc) is 2.49. The third-order valence-electron chi connectivity index (χ3n) is 3.27. The molecule has 1 rings (SSSR count). The van der Waals surface area contributed by atoms with Crippen LogP contribution in [0.4, 0.5) is 0 Å². The third kappa shape index (κ3) is 6.91. The smallest absolute Gasteiger partial charge is 0.119 e. The summed E-state index contributed by atoms with van der Waals surface area (Å²) in [5.74, 6) is 2.39. The highest BCUT2D eigenvalue weighted by atomic mass is 32.1. The number of thiol groups is 2. The van der Waals surface area contributed by atoms with Gasteiger partial charge in [-0.05, 0) is 36.2 Å². The minimum Gasteiger partial charge on any atom is -0.492 e. The van der Waals surface area contributed by atoms with Gasteiger partial charge in [-0.25, -0.2) is 0 Å². The molecule has 0 atom stereocenters. The monoisotopic (exact) mass is 313 g/mol. The number of hydrogen-bond acceptors (Lipinski definition) is 4. The normalized spacial score (nSPS) is 10.8. The van der Waals surface area contributed by atoms with Crippen LogP contribution < -0.4 is 10.1 Å². The number of nitrogens with one attached hydrogen (secondary N) is 1. The fourth-order valence-electron chi connectivity index (χ4n) is 2.04. The van der Waals surface area contributed by atoms with E-state index in [0.717, 1.165) is 30.3 Å². The Bertz CT molecular complexity index is 371. The highest BCUT2D eigenvalue weighted by Gasteiger charge is 2.02. The van der Waals surface area contributed by atoms with Gasteiger partial charge < -0.3 is 10.1 Å². The van der Waals surface area contributed by atoms with Gasteiger partial charge in [-0.2, -0.15) is 25.3 Å². The molecule has 0 saturated heterocycles. The van der Waals surface area contributed by atoms with E-state index in [4.69, 9.17) is 4.74 Å². The van der Waals surface area contributed by atoms with Crippen molar-refractivity contribution in [3.05, 3.63) is 29.3 Å². The Kier molecular flexibility index (Phi) is 10.1. The van der Waals surface area contributed by atoms with Crippen LogP contribution in [0.5, 0.6) is 5.75 Å². The fraction of sp³-hybridized carbons (Fsp3) is 0.625. The molecule has 0 aromatic heterocycles. The topological polar surface area (TPSA) is 21.3 Å². The van der Waals surface area contributed by atoms with Crippen LogP contribution >= 0.6 is 25.3 Å². The summed E-state index contributed by atoms with van der Waals surface area (Å²) in [4.78, 5) is 0. The van der Waals surface area contributed by atoms with Crippen LogP contribution in [0.3, 0.4) is 0 Å². The summed E-state index contributed by atoms with van der Waals surface area (Å²) >= 11 is 8.66. The fourth-order valence-corrected chi connectivity index (χ4v) is 2.64. The first-order valence-corrected chi connectivity index (χ1v) is 8.75. The van der Waals surface area contributed by atoms with Gasteiger partial charge in [-0.3, -0.25) is 0 Å². The minimum atomic E-state index is 0.708. The standard InChI is InChI=1S/C16H27NOS2/c1-2-3-4-5-8-17-9-10-18-16-7-6-14(12-19)15(11-16)13-20/h6-7,11,17,19-20H,2-5,8-10,12-13H2,1H3. The summed E-state index contributed by atoms with van der Waals surface area (Å²) in [7, 11) is 0. The third-order valence-corrected chi connectivity index (χ3v) is 3.95. The van der Waals surface area contributed by atoms with Gasteiger partial charge in [0.1, 0.15) is 12.4 Å². The van der Waals surface area contributed by atoms with Gasteiger partial charge in [0, 0.05) is 18.1 Å². The van der Waals surface area contributed by atoms with Crippen LogP contribution in [-0.2, 0) is 11.5 Å². The summed E-state index contributed by atoms with van der Waals surface area (Å²) in [5.41, 5.74) is 2.43. The Labute approximate surface area is 134 Å². The van der Waals surface area contributed by atoms with Crippen molar-refractivity contribution < 1.29 is 4.74 Å². The van der Waals surface area contributed by atoms with Crippen molar-refractivity contribution in [3.8, 4) is 5.75 Å². The van der Waals surface area contributed by atoms with Crippen molar-refractivity contribution in [3.63, 3.8) is 0 Å². The quantitative estimate of drug-likeness (QED) is 0.423. The highest BCUT2D eigenvalue weighted by Crippen LogP contribution is 2.20. The second kappa shape index (κ2) is 11.4. The number of unbranched alkanes of at least 4 members (excludes halogenated alkanes) is 3. The molecule has 0 amide bonds. The lowest BCUT2D eigenvalue weighted by Gasteiger charge is -2.11. The zero-order chi connectivity index (χ0) is 14.6. The number of ether oxygens (including phenoxy) is 1. The molecule has 1 aromatic carbocycles. The molecule has 0 fully saturated rings. The van der Waals surface area contributed by atoms with Crippen molar-refractivity contribution >= 4 is 25.3 Å². The molecular weight excluding hydrogens is 286 g/mol. The number of benzene rings is 1. The molecule has 0 aliphatic rings. The summed E-state index contributed by atoms with van der Waals surface area (Å²) in [6, 6.07) is 6.16. The molecule has 0 heterocycles. The van der Waals surface area contributed by atoms with Gasteiger partial charge in [0.15, 0.2) is 0 Å². The molecule has 0 saturated carbocycles. The van der Waals surface area contributed by atoms with E-state index >= 15 is 0 Å². The zero-order valence-corrected chi connectivity index (χ0v) is 14.2. The summed E-state index contributed by atoms with van der Waals surface area (Å²) < 4.78 is 5.75. The van der Waals surface area contributed by atoms with Crippen molar-refractivity contribution in [2.24, 2.45) is 0 Å². The number of rotatable bonds is 11. The summed E-state index contributed by atoms with van der Waals surface area (Å²) in [6.07, 6.45) is 5.20. The van der Waals surface area contributed by atoms with Gasteiger partial charge in [0.25, 0.3) is 0 Å². The maximum Gasteiger partial charge on any atom is 0.119 e. The zero-order valence-electron chi connectivity index (χ0n) is 12.4. The maximum absolute atomic E-state index is 5.75. The molecule has 1 N–H and O–H groups in total. The second-order valence-corrected chi connectivity index (χ2v) is 5.54. The molecule has 2 nitrogen and oxygen atoms in total. The highest BCUT2D eigenvalue weighted by molar-refractivity contribution is 7.79. The molecule has 0 spiro atoms. The molecule has 114 valence electrons. The first kappa shape index (κ1) is 17.7. The van der Waals surface area contributed by atoms with Gasteiger partial charge in [-0.1, -0.05) is 32.3 Å². The molecule has 0 unspecified atom stereocenters. The van der Waals surface area contributed by atoms with Crippen LogP contribution in [0.2, 0.25) is 0 Å². The van der Waals surface area contributed by atoms with Gasteiger partial charge >= 0.3 is 0 Å². The van der Waals surface area contributed by atoms with Crippen LogP contribution in [0.25, 0.3) is 0 Å². The van der Waals surface area contributed by atoms with Crippen LogP contribution in [0.1, 0.15) is 43.7 Å². The predicted molar refractivity (Wildman–Crippen MR) is 94.3 cm³/mol. The molecule has 0 radical (unpaired) electrons. The molecule has 0 aliphatic carbocycles. The van der Waals surface area contributed by atoms with Gasteiger partial charge in [0.2, 0.25) is 0 Å². The van der Waals surface area contributed by atoms with E-state index in [9.17, 15) is 0 Å². The van der Waals surface area contributed by atoms with Crippen LogP contribution in [0, 0.1) is 0 Å². The maximum atomic E-state index is 5.75. The lowest BCUT2D eigenvalue weighted by molar-refractivity contribution is 0.313. The minimum absolute atomic E-state index is 0.708.